The Morgan fingerprint density at radius 2 is 1.67 bits per heavy atom. The molecule has 1 aromatic carbocycles. The van der Waals surface area contributed by atoms with Crippen LogP contribution in [0.15, 0.2) is 48.8 Å². The van der Waals surface area contributed by atoms with E-state index in [1.54, 1.807) is 57.4 Å². The van der Waals surface area contributed by atoms with Gasteiger partial charge in [-0.05, 0) is 69.2 Å². The first-order valence-electron chi connectivity index (χ1n) is 15.0. The van der Waals surface area contributed by atoms with Gasteiger partial charge in [-0.3, -0.25) is 24.4 Å². The minimum absolute atomic E-state index is 0.00171. The zero-order valence-corrected chi connectivity index (χ0v) is 25.7. The summed E-state index contributed by atoms with van der Waals surface area (Å²) in [6, 6.07) is 8.29. The number of halogens is 1. The minimum Gasteiger partial charge on any atom is -0.444 e. The Kier molecular flexibility index (Phi) is 9.58. The second-order valence-corrected chi connectivity index (χ2v) is 13.5. The van der Waals surface area contributed by atoms with Crippen LogP contribution in [0.2, 0.25) is 0 Å². The van der Waals surface area contributed by atoms with E-state index in [-0.39, 0.29) is 30.3 Å². The highest BCUT2D eigenvalue weighted by molar-refractivity contribution is 6.05. The fourth-order valence-electron chi connectivity index (χ4n) is 5.72. The van der Waals surface area contributed by atoms with Gasteiger partial charge in [-0.25, -0.2) is 9.18 Å². The number of nitrogens with one attached hydrogen (secondary N) is 1. The smallest absolute Gasteiger partial charge is 0.411 e. The number of carbonyl (C=O) groups is 3. The van der Waals surface area contributed by atoms with Crippen LogP contribution in [0.5, 0.6) is 0 Å². The predicted octanol–water partition coefficient (Wildman–Crippen LogP) is 6.25. The second-order valence-electron chi connectivity index (χ2n) is 13.5. The maximum Gasteiger partial charge on any atom is 0.411 e. The molecule has 1 aliphatic heterocycles. The molecule has 3 unspecified atom stereocenters. The van der Waals surface area contributed by atoms with E-state index in [0.717, 1.165) is 42.6 Å². The largest absolute Gasteiger partial charge is 0.444 e. The number of hydrogen-bond donors (Lipinski definition) is 1. The number of nitrogens with zero attached hydrogens (tertiary/aromatic N) is 3. The lowest BCUT2D eigenvalue weighted by atomic mass is 9.87. The molecule has 1 aromatic heterocycles. The third-order valence-corrected chi connectivity index (χ3v) is 7.91. The van der Waals surface area contributed by atoms with E-state index >= 15 is 4.39 Å². The highest BCUT2D eigenvalue weighted by Gasteiger charge is 2.48. The SMILES string of the molecule is CC(C)(C)OC(=O)N1CCC(F)C1C(=O)N(c1ccc(C(C)(C)C)cc1)C(C(=O)NC1CCCCC1)c1cccnc1. The first-order valence-corrected chi connectivity index (χ1v) is 15.0. The molecule has 2 aromatic rings. The van der Waals surface area contributed by atoms with Crippen molar-refractivity contribution in [1.29, 1.82) is 0 Å². The highest BCUT2D eigenvalue weighted by Crippen LogP contribution is 2.35. The monoisotopic (exact) mass is 580 g/mol. The first kappa shape index (κ1) is 31.4. The van der Waals surface area contributed by atoms with Crippen molar-refractivity contribution >= 4 is 23.6 Å². The van der Waals surface area contributed by atoms with Crippen LogP contribution in [0.3, 0.4) is 0 Å². The Balaban J connectivity index is 1.80. The van der Waals surface area contributed by atoms with Gasteiger partial charge in [0.1, 0.15) is 23.9 Å². The van der Waals surface area contributed by atoms with Gasteiger partial charge < -0.3 is 10.1 Å². The maximum atomic E-state index is 15.6. The number of benzene rings is 1. The quantitative estimate of drug-likeness (QED) is 0.436. The maximum absolute atomic E-state index is 15.6. The van der Waals surface area contributed by atoms with E-state index in [9.17, 15) is 14.4 Å². The molecular formula is C33H45FN4O4. The van der Waals surface area contributed by atoms with E-state index in [4.69, 9.17) is 4.74 Å². The molecule has 1 N–H and O–H groups in total. The number of alkyl halides is 1. The molecule has 0 bridgehead atoms. The van der Waals surface area contributed by atoms with E-state index < -0.39 is 35.9 Å². The zero-order chi connectivity index (χ0) is 30.7. The molecule has 1 saturated carbocycles. The Morgan fingerprint density at radius 3 is 2.24 bits per heavy atom. The third-order valence-electron chi connectivity index (χ3n) is 7.91. The molecule has 3 amide bonds. The average molecular weight is 581 g/mol. The number of carbonyl (C=O) groups excluding carboxylic acids is 3. The normalized spacial score (nSPS) is 20.6. The van der Waals surface area contributed by atoms with Crippen molar-refractivity contribution < 1.29 is 23.5 Å². The van der Waals surface area contributed by atoms with Crippen molar-refractivity contribution in [2.24, 2.45) is 0 Å². The summed E-state index contributed by atoms with van der Waals surface area (Å²) in [6.07, 6.45) is 5.69. The number of anilines is 1. The van der Waals surface area contributed by atoms with Crippen molar-refractivity contribution in [3.63, 3.8) is 0 Å². The Labute approximate surface area is 249 Å². The molecule has 8 nitrogen and oxygen atoms in total. The van der Waals surface area contributed by atoms with Crippen molar-refractivity contribution in [2.75, 3.05) is 11.4 Å². The van der Waals surface area contributed by atoms with Crippen LogP contribution in [0.1, 0.15) is 97.2 Å². The van der Waals surface area contributed by atoms with Crippen molar-refractivity contribution in [3.05, 3.63) is 59.9 Å². The Morgan fingerprint density at radius 1 is 1.00 bits per heavy atom. The molecule has 1 aliphatic carbocycles. The van der Waals surface area contributed by atoms with Gasteiger partial charge in [0, 0.05) is 36.2 Å². The lowest BCUT2D eigenvalue weighted by molar-refractivity contribution is -0.129. The van der Waals surface area contributed by atoms with Gasteiger partial charge in [-0.2, -0.15) is 0 Å². The highest BCUT2D eigenvalue weighted by atomic mass is 19.1. The fraction of sp³-hybridized carbons (Fsp3) is 0.576. The number of amides is 3. The lowest BCUT2D eigenvalue weighted by Crippen LogP contribution is -2.55. The molecule has 3 atom stereocenters. The topological polar surface area (TPSA) is 91.8 Å². The number of ether oxygens (including phenoxy) is 1. The summed E-state index contributed by atoms with van der Waals surface area (Å²) in [5.74, 6) is -1.04. The van der Waals surface area contributed by atoms with Gasteiger partial charge >= 0.3 is 6.09 Å². The molecule has 4 rings (SSSR count). The van der Waals surface area contributed by atoms with Crippen LogP contribution in [0.25, 0.3) is 0 Å². The van der Waals surface area contributed by atoms with Crippen LogP contribution < -0.4 is 10.2 Å². The molecule has 2 heterocycles. The predicted molar refractivity (Wildman–Crippen MR) is 161 cm³/mol. The molecule has 2 fully saturated rings. The number of pyridine rings is 1. The van der Waals surface area contributed by atoms with E-state index in [1.807, 2.05) is 12.1 Å². The molecule has 42 heavy (non-hydrogen) atoms. The second kappa shape index (κ2) is 12.8. The van der Waals surface area contributed by atoms with Gasteiger partial charge in [-0.15, -0.1) is 0 Å². The summed E-state index contributed by atoms with van der Waals surface area (Å²) in [4.78, 5) is 48.6. The van der Waals surface area contributed by atoms with Gasteiger partial charge in [-0.1, -0.05) is 58.2 Å². The lowest BCUT2D eigenvalue weighted by Gasteiger charge is -2.37. The summed E-state index contributed by atoms with van der Waals surface area (Å²) in [5.41, 5.74) is 1.01. The van der Waals surface area contributed by atoms with Gasteiger partial charge in [0.2, 0.25) is 5.91 Å². The number of aromatic nitrogens is 1. The van der Waals surface area contributed by atoms with Gasteiger partial charge in [0.15, 0.2) is 0 Å². The van der Waals surface area contributed by atoms with Crippen LogP contribution in [0.4, 0.5) is 14.9 Å². The third kappa shape index (κ3) is 7.47. The summed E-state index contributed by atoms with van der Waals surface area (Å²) < 4.78 is 21.2. The first-order chi connectivity index (χ1) is 19.8. The van der Waals surface area contributed by atoms with Crippen LogP contribution in [-0.2, 0) is 19.7 Å². The van der Waals surface area contributed by atoms with Crippen LogP contribution >= 0.6 is 0 Å². The summed E-state index contributed by atoms with van der Waals surface area (Å²) in [6.45, 7) is 11.5. The fourth-order valence-corrected chi connectivity index (χ4v) is 5.72. The number of likely N-dealkylation sites (tertiary alicyclic amines) is 1. The molecule has 1 saturated heterocycles. The van der Waals surface area contributed by atoms with E-state index in [2.05, 4.69) is 31.1 Å². The summed E-state index contributed by atoms with van der Waals surface area (Å²) >= 11 is 0. The van der Waals surface area contributed by atoms with Crippen LogP contribution in [0, 0.1) is 0 Å². The Hall–Kier alpha value is -3.49. The molecular weight excluding hydrogens is 535 g/mol. The molecule has 0 spiro atoms. The van der Waals surface area contributed by atoms with Crippen molar-refractivity contribution in [2.45, 2.75) is 115 Å². The zero-order valence-electron chi connectivity index (χ0n) is 25.7. The van der Waals surface area contributed by atoms with Gasteiger partial charge in [0.05, 0.1) is 0 Å². The van der Waals surface area contributed by atoms with E-state index in [1.165, 1.54) is 4.90 Å². The number of rotatable bonds is 6. The van der Waals surface area contributed by atoms with E-state index in [0.29, 0.717) is 11.3 Å². The van der Waals surface area contributed by atoms with Crippen molar-refractivity contribution in [1.82, 2.24) is 15.2 Å². The average Bonchev–Trinajstić information content (AvgIpc) is 3.32. The number of hydrogen-bond acceptors (Lipinski definition) is 5. The standard InChI is InChI=1S/C33H45FN4O4/c1-32(2,3)23-14-16-25(17-15-23)38(30(40)28-26(34)18-20-37(28)31(41)42-33(4,5)6)27(22-11-10-19-35-21-22)29(39)36-24-12-8-7-9-13-24/h10-11,14-17,19,21,24,26-28H,7-9,12-13,18,20H2,1-6H3,(H,36,39). The minimum atomic E-state index is -1.61. The van der Waals surface area contributed by atoms with Crippen molar-refractivity contribution in [3.8, 4) is 0 Å². The van der Waals surface area contributed by atoms with Gasteiger partial charge in [0.25, 0.3) is 5.91 Å². The Bertz CT molecular complexity index is 1230. The molecule has 9 heteroatoms. The molecule has 228 valence electrons. The summed E-state index contributed by atoms with van der Waals surface area (Å²) in [7, 11) is 0. The van der Waals surface area contributed by atoms with Crippen LogP contribution in [-0.4, -0.2) is 58.2 Å². The summed E-state index contributed by atoms with van der Waals surface area (Å²) in [5, 5.41) is 3.17. The molecule has 0 radical (unpaired) electrons. The molecule has 2 aliphatic rings.